The molecule has 2 aromatic carbocycles. The van der Waals surface area contributed by atoms with Gasteiger partial charge in [-0.25, -0.2) is 0 Å². The van der Waals surface area contributed by atoms with Crippen molar-refractivity contribution in [2.24, 2.45) is 0 Å². The van der Waals surface area contributed by atoms with Crippen molar-refractivity contribution in [3.05, 3.63) is 68.1 Å². The van der Waals surface area contributed by atoms with Gasteiger partial charge in [0.15, 0.2) is 0 Å². The highest BCUT2D eigenvalue weighted by molar-refractivity contribution is 9.10. The monoisotopic (exact) mass is 342 g/mol. The quantitative estimate of drug-likeness (QED) is 0.582. The Labute approximate surface area is 126 Å². The van der Waals surface area contributed by atoms with E-state index in [9.17, 15) is 0 Å². The fraction of sp³-hybridized carbons (Fsp3) is 0.200. The van der Waals surface area contributed by atoms with E-state index in [1.165, 1.54) is 11.1 Å². The van der Waals surface area contributed by atoms with E-state index in [4.69, 9.17) is 23.2 Å². The summed E-state index contributed by atoms with van der Waals surface area (Å²) in [7, 11) is 0. The Morgan fingerprint density at radius 3 is 2.39 bits per heavy atom. The van der Waals surface area contributed by atoms with Gasteiger partial charge in [-0.1, -0.05) is 51.3 Å². The van der Waals surface area contributed by atoms with Crippen LogP contribution in [0.2, 0.25) is 5.02 Å². The zero-order valence-corrected chi connectivity index (χ0v) is 13.3. The summed E-state index contributed by atoms with van der Waals surface area (Å²) in [4.78, 5) is 0. The van der Waals surface area contributed by atoms with Gasteiger partial charge in [0.1, 0.15) is 0 Å². The molecule has 1 unspecified atom stereocenters. The summed E-state index contributed by atoms with van der Waals surface area (Å²) in [6.07, 6.45) is 0. The molecule has 2 aromatic rings. The van der Waals surface area contributed by atoms with Gasteiger partial charge in [-0.05, 0) is 48.7 Å². The lowest BCUT2D eigenvalue weighted by Gasteiger charge is -2.14. The fourth-order valence-corrected chi connectivity index (χ4v) is 3.27. The van der Waals surface area contributed by atoms with Crippen LogP contribution in [0.25, 0.3) is 0 Å². The van der Waals surface area contributed by atoms with Crippen molar-refractivity contribution in [2.75, 3.05) is 0 Å². The van der Waals surface area contributed by atoms with Gasteiger partial charge in [0.05, 0.1) is 5.38 Å². The van der Waals surface area contributed by atoms with Crippen LogP contribution in [0.5, 0.6) is 0 Å². The maximum atomic E-state index is 6.55. The average molecular weight is 344 g/mol. The van der Waals surface area contributed by atoms with Crippen molar-refractivity contribution >= 4 is 39.1 Å². The Balaban J connectivity index is 2.44. The third kappa shape index (κ3) is 3.09. The van der Waals surface area contributed by atoms with Gasteiger partial charge < -0.3 is 0 Å². The largest absolute Gasteiger partial charge is 0.113 e. The predicted molar refractivity (Wildman–Crippen MR) is 82.8 cm³/mol. The topological polar surface area (TPSA) is 0 Å². The van der Waals surface area contributed by atoms with Crippen molar-refractivity contribution < 1.29 is 0 Å². The summed E-state index contributed by atoms with van der Waals surface area (Å²) >= 11 is 16.1. The molecular weight excluding hydrogens is 331 g/mol. The van der Waals surface area contributed by atoms with E-state index in [2.05, 4.69) is 48.0 Å². The first-order valence-corrected chi connectivity index (χ1v) is 7.25. The van der Waals surface area contributed by atoms with Crippen LogP contribution in [0, 0.1) is 13.8 Å². The van der Waals surface area contributed by atoms with Crippen molar-refractivity contribution in [1.29, 1.82) is 0 Å². The molecule has 94 valence electrons. The maximum absolute atomic E-state index is 6.55. The van der Waals surface area contributed by atoms with Crippen LogP contribution in [0.15, 0.2) is 40.9 Å². The summed E-state index contributed by atoms with van der Waals surface area (Å²) in [5.41, 5.74) is 4.57. The van der Waals surface area contributed by atoms with Gasteiger partial charge in [0, 0.05) is 9.50 Å². The molecule has 0 aliphatic carbocycles. The predicted octanol–water partition coefficient (Wildman–Crippen LogP) is 6.05. The summed E-state index contributed by atoms with van der Waals surface area (Å²) < 4.78 is 0.945. The summed E-state index contributed by atoms with van der Waals surface area (Å²) in [6, 6.07) is 12.1. The molecule has 0 aromatic heterocycles. The van der Waals surface area contributed by atoms with Crippen LogP contribution in [0.1, 0.15) is 27.6 Å². The Bertz CT molecular complexity index is 558. The van der Waals surface area contributed by atoms with E-state index in [1.807, 2.05) is 18.2 Å². The number of benzene rings is 2. The SMILES string of the molecule is Cc1ccc(C(Cl)c2cc(Cl)cc(Br)c2)c(C)c1. The van der Waals surface area contributed by atoms with Crippen LogP contribution in [0.4, 0.5) is 0 Å². The molecule has 0 heterocycles. The van der Waals surface area contributed by atoms with Gasteiger partial charge >= 0.3 is 0 Å². The fourth-order valence-electron chi connectivity index (χ4n) is 2.01. The van der Waals surface area contributed by atoms with Crippen molar-refractivity contribution in [2.45, 2.75) is 19.2 Å². The molecule has 0 aliphatic heterocycles. The molecule has 0 bridgehead atoms. The first-order chi connectivity index (χ1) is 8.47. The smallest absolute Gasteiger partial charge is 0.0838 e. The molecule has 0 N–H and O–H groups in total. The second-order valence-corrected chi connectivity index (χ2v) is 6.21. The van der Waals surface area contributed by atoms with Gasteiger partial charge in [-0.3, -0.25) is 0 Å². The highest BCUT2D eigenvalue weighted by Gasteiger charge is 2.14. The maximum Gasteiger partial charge on any atom is 0.0838 e. The lowest BCUT2D eigenvalue weighted by atomic mass is 9.98. The van der Waals surface area contributed by atoms with Gasteiger partial charge in [0.25, 0.3) is 0 Å². The van der Waals surface area contributed by atoms with Crippen molar-refractivity contribution in [3.8, 4) is 0 Å². The van der Waals surface area contributed by atoms with Crippen LogP contribution < -0.4 is 0 Å². The first kappa shape index (κ1) is 13.9. The van der Waals surface area contributed by atoms with E-state index in [1.54, 1.807) is 0 Å². The molecule has 0 saturated heterocycles. The van der Waals surface area contributed by atoms with E-state index in [0.717, 1.165) is 15.6 Å². The number of alkyl halides is 1. The molecule has 0 amide bonds. The molecule has 0 spiro atoms. The summed E-state index contributed by atoms with van der Waals surface area (Å²) in [5, 5.41) is 0.510. The molecule has 0 saturated carbocycles. The number of halogens is 3. The highest BCUT2D eigenvalue weighted by atomic mass is 79.9. The standard InChI is InChI=1S/C15H13BrCl2/c1-9-3-4-14(10(2)5-9)15(18)11-6-12(16)8-13(17)7-11/h3-8,15H,1-2H3. The normalized spacial score (nSPS) is 12.5. The van der Waals surface area contributed by atoms with Crippen LogP contribution in [0.3, 0.4) is 0 Å². The van der Waals surface area contributed by atoms with E-state index in [0.29, 0.717) is 5.02 Å². The molecule has 18 heavy (non-hydrogen) atoms. The molecule has 0 radical (unpaired) electrons. The Hall–Kier alpha value is -0.500. The highest BCUT2D eigenvalue weighted by Crippen LogP contribution is 2.34. The van der Waals surface area contributed by atoms with Crippen molar-refractivity contribution in [3.63, 3.8) is 0 Å². The Kier molecular flexibility index (Phi) is 4.37. The molecule has 0 nitrogen and oxygen atoms in total. The first-order valence-electron chi connectivity index (χ1n) is 5.64. The second kappa shape index (κ2) is 5.64. The van der Waals surface area contributed by atoms with E-state index >= 15 is 0 Å². The lowest BCUT2D eigenvalue weighted by Crippen LogP contribution is -1.97. The van der Waals surface area contributed by atoms with Gasteiger partial charge in [-0.15, -0.1) is 11.6 Å². The number of aryl methyl sites for hydroxylation is 2. The second-order valence-electron chi connectivity index (χ2n) is 4.43. The average Bonchev–Trinajstić information content (AvgIpc) is 2.26. The Morgan fingerprint density at radius 2 is 1.78 bits per heavy atom. The third-order valence-corrected chi connectivity index (χ3v) is 4.04. The zero-order valence-electron chi connectivity index (χ0n) is 10.2. The Morgan fingerprint density at radius 1 is 1.06 bits per heavy atom. The zero-order chi connectivity index (χ0) is 13.3. The molecular formula is C15H13BrCl2. The minimum atomic E-state index is -0.180. The molecule has 1 atom stereocenters. The van der Waals surface area contributed by atoms with Crippen molar-refractivity contribution in [1.82, 2.24) is 0 Å². The van der Waals surface area contributed by atoms with E-state index in [-0.39, 0.29) is 5.38 Å². The summed E-state index contributed by atoms with van der Waals surface area (Å²) in [6.45, 7) is 4.16. The minimum Gasteiger partial charge on any atom is -0.113 e. The van der Waals surface area contributed by atoms with Crippen LogP contribution >= 0.6 is 39.1 Å². The van der Waals surface area contributed by atoms with Crippen LogP contribution in [-0.2, 0) is 0 Å². The molecule has 0 fully saturated rings. The molecule has 2 rings (SSSR count). The third-order valence-electron chi connectivity index (χ3n) is 2.88. The number of hydrogen-bond donors (Lipinski definition) is 0. The van der Waals surface area contributed by atoms with Gasteiger partial charge in [-0.2, -0.15) is 0 Å². The number of hydrogen-bond acceptors (Lipinski definition) is 0. The summed E-state index contributed by atoms with van der Waals surface area (Å²) in [5.74, 6) is 0. The molecule has 3 heteroatoms. The van der Waals surface area contributed by atoms with E-state index < -0.39 is 0 Å². The minimum absolute atomic E-state index is 0.180. The van der Waals surface area contributed by atoms with Gasteiger partial charge in [0.2, 0.25) is 0 Å². The van der Waals surface area contributed by atoms with Crippen LogP contribution in [-0.4, -0.2) is 0 Å². The molecule has 0 aliphatic rings. The lowest BCUT2D eigenvalue weighted by molar-refractivity contribution is 1.10. The number of rotatable bonds is 2.